The average molecular weight is 632 g/mol. The van der Waals surface area contributed by atoms with Gasteiger partial charge in [0.2, 0.25) is 5.91 Å². The lowest BCUT2D eigenvalue weighted by atomic mass is 9.98. The second-order valence-electron chi connectivity index (χ2n) is 11.5. The topological polar surface area (TPSA) is 127 Å². The summed E-state index contributed by atoms with van der Waals surface area (Å²) in [6, 6.07) is 21.9. The maximum atomic E-state index is 13.9. The molecule has 0 aliphatic carbocycles. The van der Waals surface area contributed by atoms with Crippen LogP contribution in [-0.4, -0.2) is 74.8 Å². The van der Waals surface area contributed by atoms with Crippen molar-refractivity contribution in [3.05, 3.63) is 95.6 Å². The monoisotopic (exact) mass is 631 g/mol. The Kier molecular flexibility index (Phi) is 12.0. The maximum absolute atomic E-state index is 13.9. The zero-order valence-electron chi connectivity index (χ0n) is 25.5. The van der Waals surface area contributed by atoms with Crippen molar-refractivity contribution in [2.75, 3.05) is 18.8 Å². The van der Waals surface area contributed by atoms with Crippen LogP contribution in [0.25, 0.3) is 11.1 Å². The minimum Gasteiger partial charge on any atom is -0.480 e. The average Bonchev–Trinajstić information content (AvgIpc) is 3.47. The quantitative estimate of drug-likeness (QED) is 0.136. The molecule has 0 aromatic heterocycles. The number of urea groups is 1. The van der Waals surface area contributed by atoms with Crippen molar-refractivity contribution in [1.82, 2.24) is 15.1 Å². The standard InChI is InChI=1S/C35H41N3O6S/c1-2-3-9-18-37(21-25-14-16-26(17-15-25)29-12-7-8-13-30(29)33(40)41)35(44)38-22-28(20-31(38)34(42)43)36-32(39)27(23-45)19-24-10-5-4-6-11-24/h4-8,10-17,27-28,31,45H,2-3,9,18-23H2,1H3,(H,36,39)(H,40,41)(H,42,43)/t27?,28-,31-/m0/s1. The van der Waals surface area contributed by atoms with Gasteiger partial charge in [-0.2, -0.15) is 12.6 Å². The molecule has 1 aliphatic heterocycles. The van der Waals surface area contributed by atoms with Gasteiger partial charge in [-0.3, -0.25) is 4.79 Å². The van der Waals surface area contributed by atoms with Gasteiger partial charge in [-0.1, -0.05) is 92.6 Å². The van der Waals surface area contributed by atoms with Gasteiger partial charge in [0, 0.05) is 37.8 Å². The fourth-order valence-corrected chi connectivity index (χ4v) is 6.05. The highest BCUT2D eigenvalue weighted by Gasteiger charge is 2.42. The third-order valence-electron chi connectivity index (χ3n) is 8.19. The van der Waals surface area contributed by atoms with Crippen molar-refractivity contribution in [2.24, 2.45) is 5.92 Å². The number of carboxylic acids is 2. The fraction of sp³-hybridized carbons (Fsp3) is 0.371. The number of unbranched alkanes of at least 4 members (excludes halogenated alkanes) is 2. The highest BCUT2D eigenvalue weighted by molar-refractivity contribution is 7.80. The summed E-state index contributed by atoms with van der Waals surface area (Å²) in [7, 11) is 0. The molecule has 1 aliphatic rings. The van der Waals surface area contributed by atoms with Crippen LogP contribution in [0, 0.1) is 5.92 Å². The first-order chi connectivity index (χ1) is 21.7. The molecule has 9 nitrogen and oxygen atoms in total. The van der Waals surface area contributed by atoms with E-state index in [0.717, 1.165) is 36.0 Å². The van der Waals surface area contributed by atoms with Crippen LogP contribution in [-0.2, 0) is 22.6 Å². The van der Waals surface area contributed by atoms with Crippen LogP contribution in [0.5, 0.6) is 0 Å². The first-order valence-electron chi connectivity index (χ1n) is 15.4. The largest absolute Gasteiger partial charge is 0.480 e. The predicted octanol–water partition coefficient (Wildman–Crippen LogP) is 5.60. The second kappa shape index (κ2) is 16.1. The zero-order chi connectivity index (χ0) is 32.3. The number of nitrogens with one attached hydrogen (secondary N) is 1. The molecule has 1 heterocycles. The lowest BCUT2D eigenvalue weighted by Gasteiger charge is -2.30. The Bertz CT molecular complexity index is 1470. The number of nitrogens with zero attached hydrogens (tertiary/aromatic N) is 2. The van der Waals surface area contributed by atoms with Gasteiger partial charge in [0.1, 0.15) is 6.04 Å². The number of hydrogen-bond donors (Lipinski definition) is 4. The van der Waals surface area contributed by atoms with E-state index in [1.165, 1.54) is 4.90 Å². The molecule has 0 saturated carbocycles. The van der Waals surface area contributed by atoms with E-state index in [1.807, 2.05) is 54.6 Å². The number of carboxylic acid groups (broad SMARTS) is 2. The third kappa shape index (κ3) is 8.88. The van der Waals surface area contributed by atoms with E-state index >= 15 is 0 Å². The molecule has 0 bridgehead atoms. The highest BCUT2D eigenvalue weighted by Crippen LogP contribution is 2.26. The maximum Gasteiger partial charge on any atom is 0.336 e. The van der Waals surface area contributed by atoms with Gasteiger partial charge in [0.25, 0.3) is 0 Å². The molecule has 238 valence electrons. The van der Waals surface area contributed by atoms with Gasteiger partial charge in [0.05, 0.1) is 11.5 Å². The molecule has 1 fully saturated rings. The van der Waals surface area contributed by atoms with Crippen molar-refractivity contribution < 1.29 is 29.4 Å². The summed E-state index contributed by atoms with van der Waals surface area (Å²) in [6.07, 6.45) is 3.28. The number of aliphatic carboxylic acids is 1. The fourth-order valence-electron chi connectivity index (χ4n) is 5.75. The number of benzene rings is 3. The van der Waals surface area contributed by atoms with Crippen LogP contribution in [0.4, 0.5) is 4.79 Å². The Labute approximate surface area is 269 Å². The second-order valence-corrected chi connectivity index (χ2v) is 11.8. The van der Waals surface area contributed by atoms with Gasteiger partial charge < -0.3 is 25.3 Å². The summed E-state index contributed by atoms with van der Waals surface area (Å²) in [6.45, 7) is 2.89. The minimum atomic E-state index is -1.11. The molecule has 1 unspecified atom stereocenters. The minimum absolute atomic E-state index is 0.0986. The summed E-state index contributed by atoms with van der Waals surface area (Å²) in [5, 5.41) is 22.6. The van der Waals surface area contributed by atoms with Gasteiger partial charge in [-0.25, -0.2) is 14.4 Å². The third-order valence-corrected chi connectivity index (χ3v) is 8.63. The number of likely N-dealkylation sites (tertiary alicyclic amines) is 1. The van der Waals surface area contributed by atoms with Crippen LogP contribution < -0.4 is 5.32 Å². The van der Waals surface area contributed by atoms with E-state index in [9.17, 15) is 29.4 Å². The Morgan fingerprint density at radius 3 is 2.27 bits per heavy atom. The molecule has 0 radical (unpaired) electrons. The molecular weight excluding hydrogens is 590 g/mol. The van der Waals surface area contributed by atoms with Gasteiger partial charge >= 0.3 is 18.0 Å². The summed E-state index contributed by atoms with van der Waals surface area (Å²) in [5.41, 5.74) is 3.41. The molecular formula is C35H41N3O6S. The van der Waals surface area contributed by atoms with E-state index in [4.69, 9.17) is 0 Å². The van der Waals surface area contributed by atoms with Crippen molar-refractivity contribution >= 4 is 36.5 Å². The zero-order valence-corrected chi connectivity index (χ0v) is 26.4. The molecule has 45 heavy (non-hydrogen) atoms. The molecule has 3 amide bonds. The molecule has 0 spiro atoms. The number of amides is 3. The lowest BCUT2D eigenvalue weighted by Crippen LogP contribution is -2.49. The summed E-state index contributed by atoms with van der Waals surface area (Å²) >= 11 is 4.39. The van der Waals surface area contributed by atoms with E-state index in [1.54, 1.807) is 29.2 Å². The Hall–Kier alpha value is -4.31. The van der Waals surface area contributed by atoms with Crippen molar-refractivity contribution in [2.45, 2.75) is 57.7 Å². The van der Waals surface area contributed by atoms with Gasteiger partial charge in [-0.05, 0) is 41.2 Å². The van der Waals surface area contributed by atoms with E-state index in [0.29, 0.717) is 24.3 Å². The summed E-state index contributed by atoms with van der Waals surface area (Å²) in [4.78, 5) is 54.1. The number of thiol groups is 1. The number of carbonyl (C=O) groups is 4. The Morgan fingerprint density at radius 1 is 0.933 bits per heavy atom. The van der Waals surface area contributed by atoms with E-state index < -0.39 is 24.0 Å². The molecule has 10 heteroatoms. The van der Waals surface area contributed by atoms with Crippen molar-refractivity contribution in [3.8, 4) is 11.1 Å². The molecule has 3 atom stereocenters. The molecule has 3 N–H and O–H groups in total. The number of rotatable bonds is 14. The summed E-state index contributed by atoms with van der Waals surface area (Å²) in [5.74, 6) is -2.37. The molecule has 4 rings (SSSR count). The predicted molar refractivity (Wildman–Crippen MR) is 176 cm³/mol. The van der Waals surface area contributed by atoms with Crippen molar-refractivity contribution in [3.63, 3.8) is 0 Å². The molecule has 3 aromatic carbocycles. The molecule has 1 saturated heterocycles. The van der Waals surface area contributed by atoms with Crippen LogP contribution in [0.2, 0.25) is 0 Å². The van der Waals surface area contributed by atoms with Crippen LogP contribution in [0.15, 0.2) is 78.9 Å². The van der Waals surface area contributed by atoms with Gasteiger partial charge in [0.15, 0.2) is 0 Å². The summed E-state index contributed by atoms with van der Waals surface area (Å²) < 4.78 is 0. The SMILES string of the molecule is CCCCCN(Cc1ccc(-c2ccccc2C(=O)O)cc1)C(=O)N1C[C@@H](NC(=O)C(CS)Cc2ccccc2)C[C@H]1C(=O)O. The van der Waals surface area contributed by atoms with Crippen LogP contribution in [0.3, 0.4) is 0 Å². The Balaban J connectivity index is 1.48. The number of carbonyl (C=O) groups excluding carboxylic acids is 2. The van der Waals surface area contributed by atoms with E-state index in [2.05, 4.69) is 24.9 Å². The lowest BCUT2D eigenvalue weighted by molar-refractivity contribution is -0.141. The number of aromatic carboxylic acids is 1. The first kappa shape index (κ1) is 33.6. The molecule has 3 aromatic rings. The van der Waals surface area contributed by atoms with Gasteiger partial charge in [-0.15, -0.1) is 0 Å². The van der Waals surface area contributed by atoms with Crippen LogP contribution >= 0.6 is 12.6 Å². The first-order valence-corrected chi connectivity index (χ1v) is 16.0. The van der Waals surface area contributed by atoms with Crippen LogP contribution in [0.1, 0.15) is 54.1 Å². The highest BCUT2D eigenvalue weighted by atomic mass is 32.1. The van der Waals surface area contributed by atoms with Crippen molar-refractivity contribution in [1.29, 1.82) is 0 Å². The van der Waals surface area contributed by atoms with E-state index in [-0.39, 0.29) is 42.9 Å². The normalized spacial score (nSPS) is 16.6. The number of hydrogen-bond acceptors (Lipinski definition) is 5. The smallest absolute Gasteiger partial charge is 0.336 e. The Morgan fingerprint density at radius 2 is 1.62 bits per heavy atom.